The van der Waals surface area contributed by atoms with Crippen LogP contribution in [-0.2, 0) is 11.2 Å². The lowest BCUT2D eigenvalue weighted by atomic mass is 9.80. The number of nitrogens with one attached hydrogen (secondary N) is 1. The number of halogens is 3. The van der Waals surface area contributed by atoms with E-state index in [1.807, 2.05) is 29.9 Å². The van der Waals surface area contributed by atoms with E-state index in [-0.39, 0.29) is 29.6 Å². The molecule has 47 heavy (non-hydrogen) atoms. The van der Waals surface area contributed by atoms with Crippen molar-refractivity contribution >= 4 is 11.6 Å². The van der Waals surface area contributed by atoms with E-state index in [0.717, 1.165) is 42.8 Å². The molecule has 8 nitrogen and oxygen atoms in total. The lowest BCUT2D eigenvalue weighted by molar-refractivity contribution is -0.0257. The first kappa shape index (κ1) is 34.4. The molecular weight excluding hydrogens is 622 g/mol. The summed E-state index contributed by atoms with van der Waals surface area (Å²) in [6.45, 7) is 9.44. The SMILES string of the molecule is C[C@H](c1ccc(F)cc1)n1cncc1C(C)(O)C1CCNCC1.C[C@H](c1ccc(F)cc1)n1cncc1C(C)(O)c1ccnc(Cl)c1. The van der Waals surface area contributed by atoms with Crippen molar-refractivity contribution in [2.45, 2.75) is 63.8 Å². The lowest BCUT2D eigenvalue weighted by Gasteiger charge is -2.37. The van der Waals surface area contributed by atoms with Crippen molar-refractivity contribution in [1.29, 1.82) is 0 Å². The fourth-order valence-electron chi connectivity index (χ4n) is 6.25. The van der Waals surface area contributed by atoms with Crippen molar-refractivity contribution in [3.63, 3.8) is 0 Å². The molecule has 0 bridgehead atoms. The van der Waals surface area contributed by atoms with Gasteiger partial charge >= 0.3 is 0 Å². The Kier molecular flexibility index (Phi) is 10.6. The summed E-state index contributed by atoms with van der Waals surface area (Å²) in [5.41, 5.74) is 1.74. The van der Waals surface area contributed by atoms with Gasteiger partial charge in [0.15, 0.2) is 0 Å². The minimum atomic E-state index is -1.29. The van der Waals surface area contributed by atoms with Crippen LogP contribution in [0.25, 0.3) is 0 Å². The molecule has 0 radical (unpaired) electrons. The molecule has 3 N–H and O–H groups in total. The van der Waals surface area contributed by atoms with Gasteiger partial charge in [-0.3, -0.25) is 0 Å². The largest absolute Gasteiger partial charge is 0.384 e. The zero-order valence-electron chi connectivity index (χ0n) is 27.0. The molecular formula is C36H41ClF2N6O2. The predicted octanol–water partition coefficient (Wildman–Crippen LogP) is 6.77. The van der Waals surface area contributed by atoms with Crippen LogP contribution < -0.4 is 5.32 Å². The highest BCUT2D eigenvalue weighted by Gasteiger charge is 2.37. The summed E-state index contributed by atoms with van der Waals surface area (Å²) in [7, 11) is 0. The number of hydrogen-bond donors (Lipinski definition) is 3. The number of benzene rings is 2. The summed E-state index contributed by atoms with van der Waals surface area (Å²) < 4.78 is 30.1. The molecule has 0 spiro atoms. The second-order valence-corrected chi connectivity index (χ2v) is 12.8. The second kappa shape index (κ2) is 14.4. The van der Waals surface area contributed by atoms with E-state index < -0.39 is 11.2 Å². The van der Waals surface area contributed by atoms with Crippen molar-refractivity contribution in [3.05, 3.63) is 137 Å². The van der Waals surface area contributed by atoms with Crippen molar-refractivity contribution in [1.82, 2.24) is 29.4 Å². The first-order valence-electron chi connectivity index (χ1n) is 15.7. The zero-order valence-corrected chi connectivity index (χ0v) is 27.7. The topological polar surface area (TPSA) is 101 Å². The van der Waals surface area contributed by atoms with Gasteiger partial charge in [-0.2, -0.15) is 0 Å². The fraction of sp³-hybridized carbons (Fsp3) is 0.361. The summed E-state index contributed by atoms with van der Waals surface area (Å²) in [5.74, 6) is -0.316. The molecule has 2 aromatic carbocycles. The molecule has 1 aliphatic heterocycles. The van der Waals surface area contributed by atoms with Gasteiger partial charge in [-0.1, -0.05) is 35.9 Å². The maximum atomic E-state index is 13.1. The average Bonchev–Trinajstić information content (AvgIpc) is 3.77. The summed E-state index contributed by atoms with van der Waals surface area (Å²) in [5, 5.41) is 25.9. The van der Waals surface area contributed by atoms with E-state index in [1.54, 1.807) is 74.6 Å². The fourth-order valence-corrected chi connectivity index (χ4v) is 6.42. The molecule has 3 aromatic heterocycles. The number of aliphatic hydroxyl groups is 2. The number of piperidine rings is 1. The quantitative estimate of drug-likeness (QED) is 0.159. The molecule has 2 unspecified atom stereocenters. The van der Waals surface area contributed by atoms with Crippen molar-refractivity contribution in [2.75, 3.05) is 13.1 Å². The molecule has 4 atom stereocenters. The van der Waals surface area contributed by atoms with E-state index in [2.05, 4.69) is 20.3 Å². The van der Waals surface area contributed by atoms with E-state index >= 15 is 0 Å². The highest BCUT2D eigenvalue weighted by molar-refractivity contribution is 6.29. The Labute approximate surface area is 279 Å². The number of nitrogens with zero attached hydrogens (tertiary/aromatic N) is 5. The molecule has 1 saturated heterocycles. The molecule has 6 rings (SSSR count). The average molecular weight is 663 g/mol. The molecule has 0 amide bonds. The van der Waals surface area contributed by atoms with Gasteiger partial charge in [0.25, 0.3) is 0 Å². The van der Waals surface area contributed by atoms with Gasteiger partial charge in [-0.05, 0) is 113 Å². The molecule has 4 heterocycles. The van der Waals surface area contributed by atoms with Crippen LogP contribution in [-0.4, -0.2) is 47.4 Å². The van der Waals surface area contributed by atoms with Gasteiger partial charge in [0.1, 0.15) is 28.0 Å². The Morgan fingerprint density at radius 1 is 0.809 bits per heavy atom. The molecule has 0 aliphatic carbocycles. The van der Waals surface area contributed by atoms with Crippen LogP contribution >= 0.6 is 11.6 Å². The third-order valence-corrected chi connectivity index (χ3v) is 9.52. The van der Waals surface area contributed by atoms with Crippen LogP contribution in [0.15, 0.2) is 91.9 Å². The minimum Gasteiger partial charge on any atom is -0.384 e. The molecule has 11 heteroatoms. The van der Waals surface area contributed by atoms with Gasteiger partial charge < -0.3 is 24.7 Å². The summed E-state index contributed by atoms with van der Waals surface area (Å²) in [6, 6.07) is 16.0. The summed E-state index contributed by atoms with van der Waals surface area (Å²) >= 11 is 5.95. The first-order valence-corrected chi connectivity index (χ1v) is 16.1. The smallest absolute Gasteiger partial charge is 0.129 e. The Hall–Kier alpha value is -3.96. The standard InChI is InChI=1S/C18H17ClFN3O.C18H24FN3O/c1-12(13-3-5-15(20)6-4-13)23-11-21-10-16(23)18(2,24)14-7-8-22-17(19)9-14;1-13(14-3-5-16(19)6-4-14)22-12-21-11-17(22)18(2,23)15-7-9-20-10-8-15/h3-12,24H,1-2H3;3-6,11-13,15,20,23H,7-10H2,1-2H3/t12-,18?;13-,18?/m11/s1. The van der Waals surface area contributed by atoms with Crippen molar-refractivity contribution in [3.8, 4) is 0 Å². The first-order chi connectivity index (χ1) is 22.4. The highest BCUT2D eigenvalue weighted by Crippen LogP contribution is 2.37. The van der Waals surface area contributed by atoms with E-state index in [0.29, 0.717) is 16.4 Å². The monoisotopic (exact) mass is 662 g/mol. The molecule has 5 aromatic rings. The number of rotatable bonds is 8. The summed E-state index contributed by atoms with van der Waals surface area (Å²) in [4.78, 5) is 12.4. The van der Waals surface area contributed by atoms with Crippen LogP contribution in [0.5, 0.6) is 0 Å². The molecule has 1 fully saturated rings. The maximum Gasteiger partial charge on any atom is 0.129 e. The van der Waals surface area contributed by atoms with Crippen molar-refractivity contribution in [2.24, 2.45) is 5.92 Å². The Morgan fingerprint density at radius 3 is 1.81 bits per heavy atom. The summed E-state index contributed by atoms with van der Waals surface area (Å²) in [6.07, 6.45) is 10.2. The molecule has 248 valence electrons. The van der Waals surface area contributed by atoms with Gasteiger partial charge in [0, 0.05) is 6.20 Å². The Balaban J connectivity index is 0.000000185. The Bertz CT molecular complexity index is 1750. The van der Waals surface area contributed by atoms with Crippen molar-refractivity contribution < 1.29 is 19.0 Å². The van der Waals surface area contributed by atoms with E-state index in [4.69, 9.17) is 11.6 Å². The zero-order chi connectivity index (χ0) is 33.8. The number of pyridine rings is 1. The second-order valence-electron chi connectivity index (χ2n) is 12.4. The highest BCUT2D eigenvalue weighted by atomic mass is 35.5. The van der Waals surface area contributed by atoms with Gasteiger partial charge in [0.2, 0.25) is 0 Å². The lowest BCUT2D eigenvalue weighted by Crippen LogP contribution is -2.41. The molecule has 0 saturated carbocycles. The van der Waals surface area contributed by atoms with Crippen LogP contribution in [0.3, 0.4) is 0 Å². The number of aromatic nitrogens is 5. The van der Waals surface area contributed by atoms with E-state index in [1.165, 1.54) is 24.3 Å². The van der Waals surface area contributed by atoms with Crippen LogP contribution in [0, 0.1) is 17.6 Å². The van der Waals surface area contributed by atoms with Gasteiger partial charge in [-0.15, -0.1) is 0 Å². The number of hydrogen-bond acceptors (Lipinski definition) is 6. The molecule has 1 aliphatic rings. The van der Waals surface area contributed by atoms with Crippen LogP contribution in [0.2, 0.25) is 5.15 Å². The normalized spacial score (nSPS) is 17.6. The maximum absolute atomic E-state index is 13.1. The number of imidazole rings is 2. The minimum absolute atomic E-state index is 0.0127. The van der Waals surface area contributed by atoms with Crippen LogP contribution in [0.4, 0.5) is 8.78 Å². The third kappa shape index (κ3) is 7.62. The van der Waals surface area contributed by atoms with Gasteiger partial charge in [0.05, 0.1) is 48.5 Å². The van der Waals surface area contributed by atoms with E-state index in [9.17, 15) is 19.0 Å². The third-order valence-electron chi connectivity index (χ3n) is 9.31. The predicted molar refractivity (Wildman–Crippen MR) is 178 cm³/mol. The Morgan fingerprint density at radius 2 is 1.30 bits per heavy atom. The van der Waals surface area contributed by atoms with Crippen LogP contribution in [0.1, 0.15) is 80.7 Å². The van der Waals surface area contributed by atoms with Gasteiger partial charge in [-0.25, -0.2) is 23.7 Å².